The lowest BCUT2D eigenvalue weighted by atomic mass is 10.2. The lowest BCUT2D eigenvalue weighted by Crippen LogP contribution is -2.35. The van der Waals surface area contributed by atoms with Crippen LogP contribution in [-0.2, 0) is 4.79 Å². The zero-order chi connectivity index (χ0) is 15.8. The molecule has 21 heavy (non-hydrogen) atoms. The first-order valence-corrected chi connectivity index (χ1v) is 6.57. The number of hydrogen-bond donors (Lipinski definition) is 3. The van der Waals surface area contributed by atoms with Gasteiger partial charge in [-0.1, -0.05) is 0 Å². The van der Waals surface area contributed by atoms with Gasteiger partial charge in [-0.25, -0.2) is 8.78 Å². The van der Waals surface area contributed by atoms with Gasteiger partial charge in [0.1, 0.15) is 11.6 Å². The number of amides is 2. The van der Waals surface area contributed by atoms with Crippen molar-refractivity contribution in [3.63, 3.8) is 0 Å². The lowest BCUT2D eigenvalue weighted by molar-refractivity contribution is -0.122. The van der Waals surface area contributed by atoms with Crippen LogP contribution in [0.2, 0.25) is 0 Å². The third kappa shape index (κ3) is 5.86. The summed E-state index contributed by atoms with van der Waals surface area (Å²) in [7, 11) is 0. The molecule has 0 aromatic heterocycles. The summed E-state index contributed by atoms with van der Waals surface area (Å²) in [6, 6.07) is 2.39. The SMILES string of the molecule is CC(CO)NC(=O)CCCNC(=O)c1ccc(F)cc1F. The van der Waals surface area contributed by atoms with Crippen molar-refractivity contribution in [2.45, 2.75) is 25.8 Å². The molecule has 0 aliphatic heterocycles. The average Bonchev–Trinajstić information content (AvgIpc) is 2.43. The van der Waals surface area contributed by atoms with Crippen molar-refractivity contribution >= 4 is 11.8 Å². The van der Waals surface area contributed by atoms with Crippen LogP contribution < -0.4 is 10.6 Å². The number of aliphatic hydroxyl groups excluding tert-OH is 1. The van der Waals surface area contributed by atoms with E-state index >= 15 is 0 Å². The molecule has 0 fully saturated rings. The molecule has 0 saturated carbocycles. The van der Waals surface area contributed by atoms with Crippen molar-refractivity contribution in [2.75, 3.05) is 13.2 Å². The molecule has 2 amide bonds. The summed E-state index contributed by atoms with van der Waals surface area (Å²) in [5.74, 6) is -2.57. The van der Waals surface area contributed by atoms with E-state index < -0.39 is 17.5 Å². The first-order valence-electron chi connectivity index (χ1n) is 6.57. The van der Waals surface area contributed by atoms with Gasteiger partial charge in [0, 0.05) is 25.1 Å². The Bertz CT molecular complexity index is 509. The number of halogens is 2. The van der Waals surface area contributed by atoms with Crippen molar-refractivity contribution in [3.05, 3.63) is 35.4 Å². The Hall–Kier alpha value is -2.02. The quantitative estimate of drug-likeness (QED) is 0.657. The molecule has 0 radical (unpaired) electrons. The fraction of sp³-hybridized carbons (Fsp3) is 0.429. The minimum absolute atomic E-state index is 0.147. The second-order valence-electron chi connectivity index (χ2n) is 4.63. The summed E-state index contributed by atoms with van der Waals surface area (Å²) >= 11 is 0. The predicted octanol–water partition coefficient (Wildman–Crippen LogP) is 0.972. The van der Waals surface area contributed by atoms with Gasteiger partial charge < -0.3 is 15.7 Å². The van der Waals surface area contributed by atoms with Gasteiger partial charge in [0.15, 0.2) is 0 Å². The zero-order valence-electron chi connectivity index (χ0n) is 11.7. The fourth-order valence-corrected chi connectivity index (χ4v) is 1.61. The highest BCUT2D eigenvalue weighted by Gasteiger charge is 2.12. The molecule has 1 aromatic carbocycles. The molecule has 0 spiro atoms. The van der Waals surface area contributed by atoms with Crippen molar-refractivity contribution < 1.29 is 23.5 Å². The Balaban J connectivity index is 2.32. The second kappa shape index (κ2) is 8.31. The Kier molecular flexibility index (Phi) is 6.74. The molecule has 1 aromatic rings. The molecule has 0 aliphatic carbocycles. The van der Waals surface area contributed by atoms with Crippen LogP contribution in [0.1, 0.15) is 30.1 Å². The van der Waals surface area contributed by atoms with Gasteiger partial charge in [0.25, 0.3) is 5.91 Å². The number of carbonyl (C=O) groups is 2. The van der Waals surface area contributed by atoms with Crippen LogP contribution in [0, 0.1) is 11.6 Å². The number of hydrogen-bond acceptors (Lipinski definition) is 3. The topological polar surface area (TPSA) is 78.4 Å². The number of rotatable bonds is 7. The molecule has 5 nitrogen and oxygen atoms in total. The van der Waals surface area contributed by atoms with E-state index in [0.717, 1.165) is 12.1 Å². The van der Waals surface area contributed by atoms with Gasteiger partial charge in [-0.3, -0.25) is 9.59 Å². The predicted molar refractivity (Wildman–Crippen MR) is 72.6 cm³/mol. The first kappa shape index (κ1) is 17.0. The maximum absolute atomic E-state index is 13.3. The van der Waals surface area contributed by atoms with Crippen LogP contribution in [0.4, 0.5) is 8.78 Å². The van der Waals surface area contributed by atoms with Crippen molar-refractivity contribution in [3.8, 4) is 0 Å². The molecule has 0 saturated heterocycles. The van der Waals surface area contributed by atoms with E-state index in [9.17, 15) is 18.4 Å². The highest BCUT2D eigenvalue weighted by Crippen LogP contribution is 2.09. The standard InChI is InChI=1S/C14H18F2N2O3/c1-9(8-19)18-13(20)3-2-6-17-14(21)11-5-4-10(15)7-12(11)16/h4-5,7,9,19H,2-3,6,8H2,1H3,(H,17,21)(H,18,20). The number of aliphatic hydroxyl groups is 1. The maximum atomic E-state index is 13.3. The highest BCUT2D eigenvalue weighted by molar-refractivity contribution is 5.94. The first-order chi connectivity index (χ1) is 9.93. The van der Waals surface area contributed by atoms with Gasteiger partial charge in [0.2, 0.25) is 5.91 Å². The summed E-state index contributed by atoms with van der Waals surface area (Å²) < 4.78 is 26.0. The third-order valence-electron chi connectivity index (χ3n) is 2.72. The second-order valence-corrected chi connectivity index (χ2v) is 4.63. The van der Waals surface area contributed by atoms with E-state index in [1.165, 1.54) is 0 Å². The molecule has 0 aliphatic rings. The van der Waals surface area contributed by atoms with E-state index in [1.54, 1.807) is 6.92 Å². The van der Waals surface area contributed by atoms with Gasteiger partial charge in [0.05, 0.1) is 12.2 Å². The van der Waals surface area contributed by atoms with Crippen molar-refractivity contribution in [1.29, 1.82) is 0 Å². The van der Waals surface area contributed by atoms with E-state index in [0.29, 0.717) is 12.5 Å². The van der Waals surface area contributed by atoms with Gasteiger partial charge in [-0.2, -0.15) is 0 Å². The lowest BCUT2D eigenvalue weighted by Gasteiger charge is -2.10. The average molecular weight is 300 g/mol. The van der Waals surface area contributed by atoms with E-state index in [-0.39, 0.29) is 37.1 Å². The molecule has 7 heteroatoms. The molecule has 3 N–H and O–H groups in total. The summed E-state index contributed by atoms with van der Waals surface area (Å²) in [6.07, 6.45) is 0.551. The molecule has 0 heterocycles. The summed E-state index contributed by atoms with van der Waals surface area (Å²) in [6.45, 7) is 1.71. The number of benzene rings is 1. The molecule has 1 atom stereocenters. The Morgan fingerprint density at radius 1 is 1.33 bits per heavy atom. The normalized spacial score (nSPS) is 11.8. The van der Waals surface area contributed by atoms with Crippen LogP contribution in [-0.4, -0.2) is 36.1 Å². The van der Waals surface area contributed by atoms with Crippen LogP contribution in [0.5, 0.6) is 0 Å². The van der Waals surface area contributed by atoms with E-state index in [2.05, 4.69) is 10.6 Å². The molecule has 1 rings (SSSR count). The van der Waals surface area contributed by atoms with Crippen LogP contribution in [0.25, 0.3) is 0 Å². The van der Waals surface area contributed by atoms with Gasteiger partial charge >= 0.3 is 0 Å². The summed E-state index contributed by atoms with van der Waals surface area (Å²) in [5.41, 5.74) is -0.241. The Labute approximate surface area is 121 Å². The maximum Gasteiger partial charge on any atom is 0.254 e. The van der Waals surface area contributed by atoms with Crippen molar-refractivity contribution in [2.24, 2.45) is 0 Å². The monoisotopic (exact) mass is 300 g/mol. The van der Waals surface area contributed by atoms with Crippen LogP contribution >= 0.6 is 0 Å². The molecule has 1 unspecified atom stereocenters. The largest absolute Gasteiger partial charge is 0.394 e. The van der Waals surface area contributed by atoms with Crippen LogP contribution in [0.3, 0.4) is 0 Å². The minimum Gasteiger partial charge on any atom is -0.394 e. The van der Waals surface area contributed by atoms with Crippen LogP contribution in [0.15, 0.2) is 18.2 Å². The smallest absolute Gasteiger partial charge is 0.254 e. The summed E-state index contributed by atoms with van der Waals surface area (Å²) in [4.78, 5) is 23.0. The fourth-order valence-electron chi connectivity index (χ4n) is 1.61. The van der Waals surface area contributed by atoms with Crippen molar-refractivity contribution in [1.82, 2.24) is 10.6 Å². The van der Waals surface area contributed by atoms with E-state index in [1.807, 2.05) is 0 Å². The highest BCUT2D eigenvalue weighted by atomic mass is 19.1. The van der Waals surface area contributed by atoms with Gasteiger partial charge in [-0.15, -0.1) is 0 Å². The van der Waals surface area contributed by atoms with E-state index in [4.69, 9.17) is 5.11 Å². The number of nitrogens with one attached hydrogen (secondary N) is 2. The molecular weight excluding hydrogens is 282 g/mol. The molecular formula is C14H18F2N2O3. The molecule has 0 bridgehead atoms. The molecule has 116 valence electrons. The van der Waals surface area contributed by atoms with Gasteiger partial charge in [-0.05, 0) is 25.5 Å². The Morgan fingerprint density at radius 2 is 2.05 bits per heavy atom. The minimum atomic E-state index is -0.929. The number of carbonyl (C=O) groups excluding carboxylic acids is 2. The third-order valence-corrected chi connectivity index (χ3v) is 2.72. The summed E-state index contributed by atoms with van der Waals surface area (Å²) in [5, 5.41) is 13.8. The zero-order valence-corrected chi connectivity index (χ0v) is 11.7. The Morgan fingerprint density at radius 3 is 2.67 bits per heavy atom.